The van der Waals surface area contributed by atoms with Gasteiger partial charge in [0, 0.05) is 11.6 Å². The molecule has 1 aromatic rings. The number of nitro groups is 1. The lowest BCUT2D eigenvalue weighted by Gasteiger charge is -2.03. The second-order valence-electron chi connectivity index (χ2n) is 2.82. The van der Waals surface area contributed by atoms with Gasteiger partial charge in [-0.05, 0) is 29.8 Å². The number of non-ortho nitro benzene ring substituents is 1. The third kappa shape index (κ3) is 3.06. The Balaban J connectivity index is 3.11. The van der Waals surface area contributed by atoms with Gasteiger partial charge in [-0.15, -0.1) is 0 Å². The van der Waals surface area contributed by atoms with Crippen molar-refractivity contribution in [1.82, 2.24) is 0 Å². The van der Waals surface area contributed by atoms with Crippen molar-refractivity contribution in [3.05, 3.63) is 40.0 Å². The summed E-state index contributed by atoms with van der Waals surface area (Å²) in [5.41, 5.74) is 0.466. The maximum absolute atomic E-state index is 10.5. The van der Waals surface area contributed by atoms with Crippen LogP contribution in [0.3, 0.4) is 0 Å². The average Bonchev–Trinajstić information content (AvgIpc) is 2.25. The molecule has 5 nitrogen and oxygen atoms in total. The first-order chi connectivity index (χ1) is 7.54. The second-order valence-corrected chi connectivity index (χ2v) is 3.19. The Morgan fingerprint density at radius 2 is 2.25 bits per heavy atom. The molecule has 0 spiro atoms. The van der Waals surface area contributed by atoms with E-state index in [9.17, 15) is 14.9 Å². The maximum atomic E-state index is 10.5. The zero-order chi connectivity index (χ0) is 12.1. The van der Waals surface area contributed by atoms with Gasteiger partial charge in [-0.3, -0.25) is 14.9 Å². The zero-order valence-corrected chi connectivity index (χ0v) is 9.10. The molecule has 0 aliphatic rings. The topological polar surface area (TPSA) is 69.4 Å². The Morgan fingerprint density at radius 1 is 1.56 bits per heavy atom. The molecule has 0 saturated heterocycles. The predicted octanol–water partition coefficient (Wildman–Crippen LogP) is 2.38. The van der Waals surface area contributed by atoms with E-state index < -0.39 is 10.2 Å². The number of nitro benzene ring substituents is 1. The van der Waals surface area contributed by atoms with Crippen molar-refractivity contribution in [1.29, 1.82) is 0 Å². The molecule has 0 aliphatic heterocycles. The van der Waals surface area contributed by atoms with E-state index in [0.29, 0.717) is 11.3 Å². The molecule has 16 heavy (non-hydrogen) atoms. The quantitative estimate of drug-likeness (QED) is 0.351. The molecule has 0 amide bonds. The van der Waals surface area contributed by atoms with E-state index in [4.69, 9.17) is 16.3 Å². The highest BCUT2D eigenvalue weighted by atomic mass is 35.5. The lowest BCUT2D eigenvalue weighted by Crippen LogP contribution is -1.92. The molecule has 6 heteroatoms. The van der Waals surface area contributed by atoms with Gasteiger partial charge < -0.3 is 4.74 Å². The van der Waals surface area contributed by atoms with Crippen LogP contribution in [0.5, 0.6) is 5.75 Å². The Morgan fingerprint density at radius 3 is 2.75 bits per heavy atom. The van der Waals surface area contributed by atoms with Gasteiger partial charge in [-0.2, -0.15) is 0 Å². The van der Waals surface area contributed by atoms with Crippen molar-refractivity contribution in [2.45, 2.75) is 0 Å². The number of hydrogen-bond donors (Lipinski definition) is 0. The maximum Gasteiger partial charge on any atom is 0.273 e. The highest BCUT2D eigenvalue weighted by Gasteiger charge is 2.09. The van der Waals surface area contributed by atoms with Crippen molar-refractivity contribution >= 4 is 28.6 Å². The van der Waals surface area contributed by atoms with Crippen LogP contribution >= 0.6 is 11.6 Å². The van der Waals surface area contributed by atoms with Gasteiger partial charge in [0.25, 0.3) is 5.69 Å². The molecule has 0 fully saturated rings. The molecule has 84 valence electrons. The lowest BCUT2D eigenvalue weighted by atomic mass is 10.1. The molecular formula is C10H8ClNO4. The van der Waals surface area contributed by atoms with E-state index in [1.807, 2.05) is 0 Å². The first-order valence-electron chi connectivity index (χ1n) is 4.24. The Bertz CT molecular complexity index is 456. The summed E-state index contributed by atoms with van der Waals surface area (Å²) < 4.78 is 4.96. The highest BCUT2D eigenvalue weighted by Crippen LogP contribution is 2.25. The molecule has 0 unspecified atom stereocenters. The summed E-state index contributed by atoms with van der Waals surface area (Å²) in [7, 11) is 1.39. The number of nitrogens with zero attached hydrogens (tertiary/aromatic N) is 1. The van der Waals surface area contributed by atoms with Crippen LogP contribution in [0.15, 0.2) is 24.3 Å². The van der Waals surface area contributed by atoms with Crippen LogP contribution in [0, 0.1) is 10.1 Å². The smallest absolute Gasteiger partial charge is 0.273 e. The summed E-state index contributed by atoms with van der Waals surface area (Å²) >= 11 is 5.13. The number of benzene rings is 1. The van der Waals surface area contributed by atoms with Crippen LogP contribution in [0.4, 0.5) is 5.69 Å². The molecule has 0 aromatic heterocycles. The largest absolute Gasteiger partial charge is 0.496 e. The Hall–Kier alpha value is -1.88. The zero-order valence-electron chi connectivity index (χ0n) is 8.34. The molecular weight excluding hydrogens is 234 g/mol. The van der Waals surface area contributed by atoms with E-state index >= 15 is 0 Å². The van der Waals surface area contributed by atoms with Crippen molar-refractivity contribution < 1.29 is 14.5 Å². The molecule has 0 radical (unpaired) electrons. The molecule has 0 heterocycles. The summed E-state index contributed by atoms with van der Waals surface area (Å²) in [6, 6.07) is 4.08. The van der Waals surface area contributed by atoms with Crippen LogP contribution in [0.25, 0.3) is 6.08 Å². The number of methoxy groups -OCH3 is 1. The predicted molar refractivity (Wildman–Crippen MR) is 59.5 cm³/mol. The number of carbonyl (C=O) groups excluding carboxylic acids is 1. The van der Waals surface area contributed by atoms with Gasteiger partial charge in [-0.25, -0.2) is 0 Å². The summed E-state index contributed by atoms with van der Waals surface area (Å²) in [6.07, 6.45) is 2.57. The van der Waals surface area contributed by atoms with E-state index in [-0.39, 0.29) is 5.69 Å². The molecule has 1 aromatic carbocycles. The number of allylic oxidation sites excluding steroid dienone is 1. The van der Waals surface area contributed by atoms with Crippen molar-refractivity contribution in [3.63, 3.8) is 0 Å². The first kappa shape index (κ1) is 12.2. The van der Waals surface area contributed by atoms with E-state index in [2.05, 4.69) is 0 Å². The number of halogens is 1. The third-order valence-corrected chi connectivity index (χ3v) is 1.95. The van der Waals surface area contributed by atoms with Gasteiger partial charge >= 0.3 is 0 Å². The standard InChI is InChI=1S/C10H8ClNO4/c1-16-9-6-8(12(14)15)4-2-7(9)3-5-10(11)13/h2-6H,1H3. The van der Waals surface area contributed by atoms with Crippen LogP contribution < -0.4 is 4.74 Å². The molecule has 0 N–H and O–H groups in total. The number of carbonyl (C=O) groups is 1. The van der Waals surface area contributed by atoms with Crippen LogP contribution in [0.2, 0.25) is 0 Å². The summed E-state index contributed by atoms with van der Waals surface area (Å²) in [5, 5.41) is 9.88. The molecule has 0 bridgehead atoms. The summed E-state index contributed by atoms with van der Waals surface area (Å²) in [6.45, 7) is 0. The highest BCUT2D eigenvalue weighted by molar-refractivity contribution is 6.66. The lowest BCUT2D eigenvalue weighted by molar-refractivity contribution is -0.384. The van der Waals surface area contributed by atoms with Crippen molar-refractivity contribution in [3.8, 4) is 5.75 Å². The van der Waals surface area contributed by atoms with Gasteiger partial charge in [0.2, 0.25) is 5.24 Å². The SMILES string of the molecule is COc1cc([N+](=O)[O-])ccc1C=CC(=O)Cl. The minimum Gasteiger partial charge on any atom is -0.496 e. The van der Waals surface area contributed by atoms with E-state index in [1.54, 1.807) is 0 Å². The fraction of sp³-hybridized carbons (Fsp3) is 0.100. The monoisotopic (exact) mass is 241 g/mol. The van der Waals surface area contributed by atoms with Gasteiger partial charge in [0.15, 0.2) is 0 Å². The second kappa shape index (κ2) is 5.27. The van der Waals surface area contributed by atoms with Gasteiger partial charge in [-0.1, -0.05) is 0 Å². The number of ether oxygens (including phenoxy) is 1. The molecule has 0 atom stereocenters. The third-order valence-electron chi connectivity index (χ3n) is 1.82. The van der Waals surface area contributed by atoms with Gasteiger partial charge in [0.05, 0.1) is 18.1 Å². The fourth-order valence-electron chi connectivity index (χ4n) is 1.11. The van der Waals surface area contributed by atoms with Crippen LogP contribution in [0.1, 0.15) is 5.56 Å². The first-order valence-corrected chi connectivity index (χ1v) is 4.62. The number of hydrogen-bond acceptors (Lipinski definition) is 4. The number of rotatable bonds is 4. The van der Waals surface area contributed by atoms with Crippen molar-refractivity contribution in [2.75, 3.05) is 7.11 Å². The summed E-state index contributed by atoms with van der Waals surface area (Å²) in [5.74, 6) is 0.309. The van der Waals surface area contributed by atoms with Crippen molar-refractivity contribution in [2.24, 2.45) is 0 Å². The summed E-state index contributed by atoms with van der Waals surface area (Å²) in [4.78, 5) is 20.5. The van der Waals surface area contributed by atoms with Crippen LogP contribution in [-0.4, -0.2) is 17.3 Å². The minimum atomic E-state index is -0.625. The molecule has 1 rings (SSSR count). The van der Waals surface area contributed by atoms with Crippen LogP contribution in [-0.2, 0) is 4.79 Å². The Kier molecular flexibility index (Phi) is 4.02. The Labute approximate surface area is 96.4 Å². The normalized spacial score (nSPS) is 10.4. The fourth-order valence-corrected chi connectivity index (χ4v) is 1.17. The molecule has 0 saturated carbocycles. The average molecular weight is 242 g/mol. The minimum absolute atomic E-state index is 0.0776. The van der Waals surface area contributed by atoms with E-state index in [0.717, 1.165) is 6.08 Å². The molecule has 0 aliphatic carbocycles. The van der Waals surface area contributed by atoms with Gasteiger partial charge in [0.1, 0.15) is 5.75 Å². The van der Waals surface area contributed by atoms with E-state index in [1.165, 1.54) is 31.4 Å².